The maximum absolute atomic E-state index is 12.7. The number of carbonyl (C=O) groups is 1. The molecule has 1 aromatic heterocycles. The van der Waals surface area contributed by atoms with Gasteiger partial charge in [0.2, 0.25) is 0 Å². The molecular formula is C22H27N3O2S. The summed E-state index contributed by atoms with van der Waals surface area (Å²) in [6, 6.07) is 7.90. The van der Waals surface area contributed by atoms with Crippen LogP contribution in [0, 0.1) is 19.8 Å². The van der Waals surface area contributed by atoms with Crippen LogP contribution in [0.3, 0.4) is 0 Å². The molecule has 1 saturated heterocycles. The largest absolute Gasteiger partial charge is 0.303 e. The second kappa shape index (κ2) is 8.21. The number of ketones is 1. The SMILES string of the molecule is Cc1ccc(C(=O)C2CCN(CCc3c(C)nc4n(c3=O)CCS4)CC2)cc1. The van der Waals surface area contributed by atoms with Gasteiger partial charge in [-0.1, -0.05) is 41.6 Å². The second-order valence-electron chi connectivity index (χ2n) is 7.86. The van der Waals surface area contributed by atoms with Crippen LogP contribution in [0.5, 0.6) is 0 Å². The summed E-state index contributed by atoms with van der Waals surface area (Å²) in [4.78, 5) is 32.4. The number of Topliss-reactive ketones (excluding diaryl/α,β-unsaturated/α-hetero) is 1. The zero-order chi connectivity index (χ0) is 19.7. The van der Waals surface area contributed by atoms with Crippen molar-refractivity contribution in [1.82, 2.24) is 14.5 Å². The highest BCUT2D eigenvalue weighted by molar-refractivity contribution is 7.99. The van der Waals surface area contributed by atoms with Crippen molar-refractivity contribution in [3.63, 3.8) is 0 Å². The Labute approximate surface area is 170 Å². The number of hydrogen-bond donors (Lipinski definition) is 0. The third kappa shape index (κ3) is 3.94. The summed E-state index contributed by atoms with van der Waals surface area (Å²) in [5.41, 5.74) is 3.86. The lowest BCUT2D eigenvalue weighted by Gasteiger charge is -2.31. The van der Waals surface area contributed by atoms with Gasteiger partial charge in [0.15, 0.2) is 10.9 Å². The number of hydrogen-bond acceptors (Lipinski definition) is 5. The Morgan fingerprint density at radius 3 is 2.57 bits per heavy atom. The Hall–Kier alpha value is -1.92. The number of fused-ring (bicyclic) bond motifs is 1. The van der Waals surface area contributed by atoms with Crippen LogP contribution in [0.2, 0.25) is 0 Å². The second-order valence-corrected chi connectivity index (χ2v) is 8.92. The zero-order valence-corrected chi connectivity index (χ0v) is 17.4. The van der Waals surface area contributed by atoms with Crippen molar-refractivity contribution < 1.29 is 4.79 Å². The molecule has 0 N–H and O–H groups in total. The van der Waals surface area contributed by atoms with E-state index in [4.69, 9.17) is 0 Å². The van der Waals surface area contributed by atoms with Crippen molar-refractivity contribution in [1.29, 1.82) is 0 Å². The van der Waals surface area contributed by atoms with Crippen LogP contribution in [0.25, 0.3) is 0 Å². The normalized spacial score (nSPS) is 17.6. The molecule has 0 bridgehead atoms. The molecule has 0 aliphatic carbocycles. The molecule has 0 unspecified atom stereocenters. The third-order valence-corrected chi connectivity index (χ3v) is 6.91. The Morgan fingerprint density at radius 2 is 1.86 bits per heavy atom. The van der Waals surface area contributed by atoms with E-state index in [2.05, 4.69) is 9.88 Å². The maximum Gasteiger partial charge on any atom is 0.257 e. The van der Waals surface area contributed by atoms with Crippen LogP contribution >= 0.6 is 11.8 Å². The van der Waals surface area contributed by atoms with Gasteiger partial charge >= 0.3 is 0 Å². The molecule has 0 atom stereocenters. The predicted molar refractivity (Wildman–Crippen MR) is 112 cm³/mol. The molecule has 0 spiro atoms. The molecule has 0 saturated carbocycles. The molecule has 2 aromatic rings. The first-order chi connectivity index (χ1) is 13.5. The lowest BCUT2D eigenvalue weighted by molar-refractivity contribution is 0.0841. The van der Waals surface area contributed by atoms with Gasteiger partial charge in [-0.2, -0.15) is 0 Å². The van der Waals surface area contributed by atoms with Crippen molar-refractivity contribution in [2.24, 2.45) is 5.92 Å². The summed E-state index contributed by atoms with van der Waals surface area (Å²) in [6.07, 6.45) is 2.52. The number of rotatable bonds is 5. The van der Waals surface area contributed by atoms with Gasteiger partial charge in [-0.3, -0.25) is 14.2 Å². The number of aromatic nitrogens is 2. The van der Waals surface area contributed by atoms with Gasteiger partial charge in [-0.25, -0.2) is 4.98 Å². The summed E-state index contributed by atoms with van der Waals surface area (Å²) >= 11 is 1.66. The predicted octanol–water partition coefficient (Wildman–Crippen LogP) is 3.10. The van der Waals surface area contributed by atoms with Crippen LogP contribution in [-0.4, -0.2) is 45.6 Å². The molecule has 3 heterocycles. The minimum Gasteiger partial charge on any atom is -0.303 e. The Morgan fingerprint density at radius 1 is 1.14 bits per heavy atom. The van der Waals surface area contributed by atoms with Crippen LogP contribution in [0.15, 0.2) is 34.2 Å². The molecule has 148 valence electrons. The quantitative estimate of drug-likeness (QED) is 0.573. The highest BCUT2D eigenvalue weighted by Gasteiger charge is 2.26. The average molecular weight is 398 g/mol. The lowest BCUT2D eigenvalue weighted by Crippen LogP contribution is -2.38. The highest BCUT2D eigenvalue weighted by Crippen LogP contribution is 2.24. The van der Waals surface area contributed by atoms with E-state index in [1.807, 2.05) is 42.7 Å². The highest BCUT2D eigenvalue weighted by atomic mass is 32.2. The third-order valence-electron chi connectivity index (χ3n) is 5.95. The van der Waals surface area contributed by atoms with Crippen molar-refractivity contribution >= 4 is 17.5 Å². The van der Waals surface area contributed by atoms with E-state index in [0.717, 1.165) is 73.2 Å². The molecule has 2 aliphatic heterocycles. The summed E-state index contributed by atoms with van der Waals surface area (Å²) in [7, 11) is 0. The topological polar surface area (TPSA) is 55.2 Å². The number of likely N-dealkylation sites (tertiary alicyclic amines) is 1. The van der Waals surface area contributed by atoms with Crippen LogP contribution < -0.4 is 5.56 Å². The molecule has 6 heteroatoms. The molecule has 28 heavy (non-hydrogen) atoms. The van der Waals surface area contributed by atoms with Gasteiger partial charge in [0.05, 0.1) is 0 Å². The molecule has 1 aromatic carbocycles. The number of aryl methyl sites for hydroxylation is 2. The average Bonchev–Trinajstić information content (AvgIpc) is 3.17. The summed E-state index contributed by atoms with van der Waals surface area (Å²) in [5.74, 6) is 1.33. The minimum atomic E-state index is 0.116. The molecule has 0 amide bonds. The minimum absolute atomic E-state index is 0.116. The standard InChI is InChI=1S/C22H27N3O2S/c1-15-3-5-17(6-4-15)20(26)18-7-10-24(11-8-18)12-9-19-16(2)23-22-25(21(19)27)13-14-28-22/h3-6,18H,7-14H2,1-2H3. The van der Waals surface area contributed by atoms with E-state index in [-0.39, 0.29) is 17.3 Å². The van der Waals surface area contributed by atoms with E-state index in [1.54, 1.807) is 11.8 Å². The fourth-order valence-electron chi connectivity index (χ4n) is 4.14. The van der Waals surface area contributed by atoms with Crippen LogP contribution in [0.4, 0.5) is 0 Å². The number of benzene rings is 1. The molecule has 2 aliphatic rings. The Bertz CT molecular complexity index is 928. The maximum atomic E-state index is 12.7. The van der Waals surface area contributed by atoms with Crippen molar-refractivity contribution in [2.45, 2.75) is 44.8 Å². The van der Waals surface area contributed by atoms with Gasteiger partial charge < -0.3 is 4.90 Å². The first kappa shape index (κ1) is 19.4. The zero-order valence-electron chi connectivity index (χ0n) is 16.6. The lowest BCUT2D eigenvalue weighted by atomic mass is 9.88. The van der Waals surface area contributed by atoms with E-state index in [1.165, 1.54) is 5.56 Å². The summed E-state index contributed by atoms with van der Waals surface area (Å²) in [5, 5.41) is 0.863. The summed E-state index contributed by atoms with van der Waals surface area (Å²) < 4.78 is 1.82. The van der Waals surface area contributed by atoms with Crippen molar-refractivity contribution in [2.75, 3.05) is 25.4 Å². The van der Waals surface area contributed by atoms with Crippen molar-refractivity contribution in [3.05, 3.63) is 57.0 Å². The monoisotopic (exact) mass is 397 g/mol. The number of carbonyl (C=O) groups excluding carboxylic acids is 1. The molecule has 4 rings (SSSR count). The smallest absolute Gasteiger partial charge is 0.257 e. The first-order valence-corrected chi connectivity index (χ1v) is 11.1. The molecular weight excluding hydrogens is 370 g/mol. The van der Waals surface area contributed by atoms with Gasteiger partial charge in [-0.05, 0) is 46.2 Å². The van der Waals surface area contributed by atoms with E-state index >= 15 is 0 Å². The van der Waals surface area contributed by atoms with E-state index in [9.17, 15) is 9.59 Å². The van der Waals surface area contributed by atoms with E-state index in [0.29, 0.717) is 0 Å². The fraction of sp³-hybridized carbons (Fsp3) is 0.500. The van der Waals surface area contributed by atoms with Crippen molar-refractivity contribution in [3.8, 4) is 0 Å². The molecule has 0 radical (unpaired) electrons. The summed E-state index contributed by atoms with van der Waals surface area (Å²) in [6.45, 7) is 7.44. The number of nitrogens with zero attached hydrogens (tertiary/aromatic N) is 3. The van der Waals surface area contributed by atoms with Crippen LogP contribution in [-0.2, 0) is 13.0 Å². The van der Waals surface area contributed by atoms with Crippen LogP contribution in [0.1, 0.15) is 40.0 Å². The first-order valence-electron chi connectivity index (χ1n) is 10.1. The van der Waals surface area contributed by atoms with Gasteiger partial charge in [-0.15, -0.1) is 0 Å². The molecule has 1 fully saturated rings. The van der Waals surface area contributed by atoms with Gasteiger partial charge in [0.1, 0.15) is 0 Å². The number of thioether (sulfide) groups is 1. The van der Waals surface area contributed by atoms with Gasteiger partial charge in [0, 0.05) is 41.6 Å². The molecule has 5 nitrogen and oxygen atoms in total. The van der Waals surface area contributed by atoms with E-state index < -0.39 is 0 Å². The fourth-order valence-corrected chi connectivity index (χ4v) is 5.13. The Balaban J connectivity index is 1.34. The Kier molecular flexibility index (Phi) is 5.69. The van der Waals surface area contributed by atoms with Gasteiger partial charge in [0.25, 0.3) is 5.56 Å². The number of piperidine rings is 1.